The fourth-order valence-electron chi connectivity index (χ4n) is 3.56. The minimum Gasteiger partial charge on any atom is -0.368 e. The van der Waals surface area contributed by atoms with E-state index in [1.807, 2.05) is 18.2 Å². The average molecular weight is 419 g/mol. The molecule has 6 nitrogen and oxygen atoms in total. The monoisotopic (exact) mass is 419 g/mol. The Balaban J connectivity index is 1.43. The summed E-state index contributed by atoms with van der Waals surface area (Å²) < 4.78 is 18.9. The zero-order chi connectivity index (χ0) is 21.8. The van der Waals surface area contributed by atoms with E-state index in [9.17, 15) is 14.0 Å². The van der Waals surface area contributed by atoms with Crippen LogP contribution in [0.4, 0.5) is 4.39 Å². The Bertz CT molecular complexity index is 1080. The molecule has 7 heteroatoms. The van der Waals surface area contributed by atoms with Crippen molar-refractivity contribution in [1.29, 1.82) is 0 Å². The first kappa shape index (κ1) is 20.7. The van der Waals surface area contributed by atoms with Gasteiger partial charge in [0.25, 0.3) is 0 Å². The molecular formula is C24H22FN3O3. The molecule has 1 aliphatic heterocycles. The summed E-state index contributed by atoms with van der Waals surface area (Å²) in [5.41, 5.74) is 8.99. The van der Waals surface area contributed by atoms with Gasteiger partial charge in [0.15, 0.2) is 0 Å². The number of nitrogens with zero attached hydrogens (tertiary/aromatic N) is 2. The van der Waals surface area contributed by atoms with Crippen LogP contribution in [0.1, 0.15) is 27.7 Å². The van der Waals surface area contributed by atoms with Crippen molar-refractivity contribution in [2.24, 2.45) is 5.73 Å². The summed E-state index contributed by atoms with van der Waals surface area (Å²) in [5, 5.41) is 0. The first-order chi connectivity index (χ1) is 15.0. The third kappa shape index (κ3) is 4.95. The average Bonchev–Trinajstić information content (AvgIpc) is 2.81. The maximum absolute atomic E-state index is 13.1. The molecule has 1 saturated heterocycles. The number of amides is 2. The number of pyridine rings is 1. The molecule has 1 fully saturated rings. The molecule has 0 bridgehead atoms. The highest BCUT2D eigenvalue weighted by Gasteiger charge is 2.26. The Morgan fingerprint density at radius 2 is 1.90 bits per heavy atom. The molecule has 4 rings (SSSR count). The molecule has 1 aliphatic rings. The van der Waals surface area contributed by atoms with Crippen LogP contribution in [0.25, 0.3) is 11.1 Å². The Kier molecular flexibility index (Phi) is 6.04. The lowest BCUT2D eigenvalue weighted by Gasteiger charge is -2.32. The number of nitrogens with two attached hydrogens (primary N) is 1. The molecule has 31 heavy (non-hydrogen) atoms. The second kappa shape index (κ2) is 9.06. The number of primary amides is 1. The number of ether oxygens (including phenoxy) is 1. The summed E-state index contributed by atoms with van der Waals surface area (Å²) in [6.07, 6.45) is 1.62. The van der Waals surface area contributed by atoms with Gasteiger partial charge in [-0.1, -0.05) is 30.3 Å². The Morgan fingerprint density at radius 1 is 1.10 bits per heavy atom. The number of benzene rings is 2. The molecule has 158 valence electrons. The number of hydrogen-bond donors (Lipinski definition) is 1. The van der Waals surface area contributed by atoms with Gasteiger partial charge < -0.3 is 15.4 Å². The summed E-state index contributed by atoms with van der Waals surface area (Å²) in [6, 6.07) is 16.8. The molecule has 0 spiro atoms. The fraction of sp³-hybridized carbons (Fsp3) is 0.208. The predicted octanol–water partition coefficient (Wildman–Crippen LogP) is 3.13. The van der Waals surface area contributed by atoms with E-state index < -0.39 is 5.91 Å². The summed E-state index contributed by atoms with van der Waals surface area (Å²) >= 11 is 0. The van der Waals surface area contributed by atoms with E-state index in [1.165, 1.54) is 12.1 Å². The zero-order valence-corrected chi connectivity index (χ0v) is 16.8. The summed E-state index contributed by atoms with van der Waals surface area (Å²) in [4.78, 5) is 30.3. The second-order valence-corrected chi connectivity index (χ2v) is 7.42. The van der Waals surface area contributed by atoms with Crippen molar-refractivity contribution >= 4 is 11.8 Å². The van der Waals surface area contributed by atoms with E-state index in [0.717, 1.165) is 22.4 Å². The van der Waals surface area contributed by atoms with Crippen molar-refractivity contribution in [3.63, 3.8) is 0 Å². The van der Waals surface area contributed by atoms with Crippen molar-refractivity contribution in [2.75, 3.05) is 19.7 Å². The smallest absolute Gasteiger partial charge is 0.248 e. The van der Waals surface area contributed by atoms with E-state index >= 15 is 0 Å². The highest BCUT2D eigenvalue weighted by Crippen LogP contribution is 2.25. The molecule has 1 atom stereocenters. The number of aromatic nitrogens is 1. The molecule has 0 aliphatic carbocycles. The van der Waals surface area contributed by atoms with Gasteiger partial charge in [0.05, 0.1) is 25.3 Å². The minimum absolute atomic E-state index is 0.0280. The lowest BCUT2D eigenvalue weighted by atomic mass is 10.0. The molecule has 1 aromatic heterocycles. The van der Waals surface area contributed by atoms with Gasteiger partial charge in [-0.15, -0.1) is 0 Å². The quantitative estimate of drug-likeness (QED) is 0.689. The van der Waals surface area contributed by atoms with Crippen LogP contribution >= 0.6 is 0 Å². The Hall–Kier alpha value is -3.58. The van der Waals surface area contributed by atoms with Crippen LogP contribution in [-0.4, -0.2) is 41.4 Å². The van der Waals surface area contributed by atoms with Gasteiger partial charge in [0.2, 0.25) is 11.8 Å². The maximum atomic E-state index is 13.1. The van der Waals surface area contributed by atoms with Crippen molar-refractivity contribution in [1.82, 2.24) is 9.88 Å². The molecule has 2 N–H and O–H groups in total. The lowest BCUT2D eigenvalue weighted by Crippen LogP contribution is -2.43. The van der Waals surface area contributed by atoms with Crippen molar-refractivity contribution in [3.8, 4) is 11.1 Å². The first-order valence-electron chi connectivity index (χ1n) is 9.99. The van der Waals surface area contributed by atoms with Crippen LogP contribution in [0, 0.1) is 5.82 Å². The number of carbonyl (C=O) groups excluding carboxylic acids is 2. The van der Waals surface area contributed by atoms with Crippen LogP contribution in [0.3, 0.4) is 0 Å². The highest BCUT2D eigenvalue weighted by molar-refractivity contribution is 5.94. The number of morpholine rings is 1. The highest BCUT2D eigenvalue weighted by atomic mass is 19.1. The van der Waals surface area contributed by atoms with E-state index in [4.69, 9.17) is 10.5 Å². The topological polar surface area (TPSA) is 85.5 Å². The first-order valence-corrected chi connectivity index (χ1v) is 9.99. The fourth-order valence-corrected chi connectivity index (χ4v) is 3.56. The molecule has 2 aromatic carbocycles. The van der Waals surface area contributed by atoms with Crippen LogP contribution < -0.4 is 5.73 Å². The molecule has 2 amide bonds. The van der Waals surface area contributed by atoms with Gasteiger partial charge in [0, 0.05) is 23.9 Å². The maximum Gasteiger partial charge on any atom is 0.248 e. The van der Waals surface area contributed by atoms with Gasteiger partial charge in [0.1, 0.15) is 11.9 Å². The number of rotatable bonds is 5. The van der Waals surface area contributed by atoms with Crippen LogP contribution in [0.15, 0.2) is 66.9 Å². The van der Waals surface area contributed by atoms with Gasteiger partial charge >= 0.3 is 0 Å². The van der Waals surface area contributed by atoms with Gasteiger partial charge in [-0.05, 0) is 41.5 Å². The lowest BCUT2D eigenvalue weighted by molar-refractivity contribution is -0.138. The molecule has 2 heterocycles. The van der Waals surface area contributed by atoms with Crippen molar-refractivity contribution < 1.29 is 18.7 Å². The van der Waals surface area contributed by atoms with Crippen LogP contribution in [0.2, 0.25) is 0 Å². The molecule has 0 unspecified atom stereocenters. The number of hydrogen-bond acceptors (Lipinski definition) is 4. The molecule has 0 saturated carbocycles. The SMILES string of the molecule is NC(=O)c1cccc(-c2ccc([C@H]3CN(C(=O)Cc4ccc(F)cc4)CCO3)nc2)c1. The zero-order valence-electron chi connectivity index (χ0n) is 16.8. The minimum atomic E-state index is -0.479. The van der Waals surface area contributed by atoms with E-state index in [2.05, 4.69) is 4.98 Å². The van der Waals surface area contributed by atoms with E-state index in [1.54, 1.807) is 41.4 Å². The van der Waals surface area contributed by atoms with Gasteiger partial charge in [-0.3, -0.25) is 14.6 Å². The van der Waals surface area contributed by atoms with Gasteiger partial charge in [-0.2, -0.15) is 0 Å². The van der Waals surface area contributed by atoms with Crippen molar-refractivity contribution in [2.45, 2.75) is 12.5 Å². The Labute approximate surface area is 179 Å². The summed E-state index contributed by atoms with van der Waals surface area (Å²) in [7, 11) is 0. The van der Waals surface area contributed by atoms with Crippen LogP contribution in [0.5, 0.6) is 0 Å². The standard InChI is InChI=1S/C24H22FN3O3/c25-20-7-4-16(5-8-20)12-23(29)28-10-11-31-22(15-28)21-9-6-19(14-27-21)17-2-1-3-18(13-17)24(26)30/h1-9,13-14,22H,10-12,15H2,(H2,26,30)/t22-/m1/s1. The molecular weight excluding hydrogens is 397 g/mol. The van der Waals surface area contributed by atoms with Crippen LogP contribution in [-0.2, 0) is 16.0 Å². The summed E-state index contributed by atoms with van der Waals surface area (Å²) in [6.45, 7) is 1.34. The number of halogens is 1. The third-order valence-electron chi connectivity index (χ3n) is 5.28. The van der Waals surface area contributed by atoms with Crippen molar-refractivity contribution in [3.05, 3.63) is 89.5 Å². The summed E-state index contributed by atoms with van der Waals surface area (Å²) in [5.74, 6) is -0.828. The molecule has 0 radical (unpaired) electrons. The predicted molar refractivity (Wildman–Crippen MR) is 114 cm³/mol. The second-order valence-electron chi connectivity index (χ2n) is 7.42. The Morgan fingerprint density at radius 3 is 2.61 bits per heavy atom. The van der Waals surface area contributed by atoms with Gasteiger partial charge in [-0.25, -0.2) is 4.39 Å². The van der Waals surface area contributed by atoms with E-state index in [-0.39, 0.29) is 24.2 Å². The normalized spacial score (nSPS) is 16.2. The third-order valence-corrected chi connectivity index (χ3v) is 5.28. The number of carbonyl (C=O) groups is 2. The molecule has 3 aromatic rings. The largest absolute Gasteiger partial charge is 0.368 e. The van der Waals surface area contributed by atoms with E-state index in [0.29, 0.717) is 25.3 Å².